The van der Waals surface area contributed by atoms with E-state index >= 15 is 0 Å². The van der Waals surface area contributed by atoms with Crippen LogP contribution in [0.3, 0.4) is 0 Å². The van der Waals surface area contributed by atoms with Gasteiger partial charge < -0.3 is 0 Å². The molecule has 4 heteroatoms. The molecular weight excluding hydrogens is 173 g/mol. The number of hydrogen-bond acceptors (Lipinski definition) is 0. The Labute approximate surface area is 47.8 Å². The van der Waals surface area contributed by atoms with Crippen LogP contribution in [0.1, 0.15) is 0 Å². The fraction of sp³-hybridized carbons (Fsp3) is 0.667. The molecule has 0 nitrogen and oxygen atoms in total. The molecule has 0 aromatic heterocycles. The Kier molecular flexibility index (Phi) is 2.64. The molecule has 0 saturated heterocycles. The lowest BCUT2D eigenvalue weighted by Crippen LogP contribution is -2.07. The summed E-state index contributed by atoms with van der Waals surface area (Å²) in [6.45, 7) is 0. The Morgan fingerprint density at radius 2 is 1.86 bits per heavy atom. The SMILES string of the molecule is FC(F)(F)[CH]CBr. The molecule has 0 aromatic rings. The predicted molar refractivity (Wildman–Crippen MR) is 24.1 cm³/mol. The summed E-state index contributed by atoms with van der Waals surface area (Å²) >= 11 is 2.61. The Morgan fingerprint density at radius 3 is 1.86 bits per heavy atom. The predicted octanol–water partition coefficient (Wildman–Crippen LogP) is 2.15. The fourth-order valence-corrected chi connectivity index (χ4v) is 0.455. The highest BCUT2D eigenvalue weighted by atomic mass is 79.9. The maximum absolute atomic E-state index is 11.0. The van der Waals surface area contributed by atoms with Crippen molar-refractivity contribution in [3.05, 3.63) is 6.42 Å². The molecule has 0 aromatic carbocycles. The molecule has 0 N–H and O–H groups in total. The fourth-order valence-electron chi connectivity index (χ4n) is 0.0875. The summed E-state index contributed by atoms with van der Waals surface area (Å²) in [4.78, 5) is 0. The average Bonchev–Trinajstić information content (AvgIpc) is 1.30. The molecule has 1 radical (unpaired) electrons. The van der Waals surface area contributed by atoms with Crippen LogP contribution in [0.2, 0.25) is 0 Å². The number of hydrogen-bond donors (Lipinski definition) is 0. The molecule has 0 fully saturated rings. The Hall–Kier alpha value is 0.270. The highest BCUT2D eigenvalue weighted by molar-refractivity contribution is 9.09. The van der Waals surface area contributed by atoms with Crippen molar-refractivity contribution in [3.8, 4) is 0 Å². The summed E-state index contributed by atoms with van der Waals surface area (Å²) in [5.74, 6) is 0. The minimum atomic E-state index is -4.12. The van der Waals surface area contributed by atoms with Gasteiger partial charge in [0.05, 0.1) is 6.42 Å². The minimum absolute atomic E-state index is 0.128. The first kappa shape index (κ1) is 7.27. The molecule has 7 heavy (non-hydrogen) atoms. The molecule has 0 aliphatic heterocycles. The van der Waals surface area contributed by atoms with Crippen molar-refractivity contribution in [2.45, 2.75) is 6.18 Å². The smallest absolute Gasteiger partial charge is 0.171 e. The summed E-state index contributed by atoms with van der Waals surface area (Å²) in [6.07, 6.45) is -3.89. The van der Waals surface area contributed by atoms with Gasteiger partial charge in [-0.25, -0.2) is 0 Å². The first-order valence-electron chi connectivity index (χ1n) is 1.53. The van der Waals surface area contributed by atoms with Gasteiger partial charge in [-0.1, -0.05) is 15.9 Å². The van der Waals surface area contributed by atoms with Gasteiger partial charge in [0.1, 0.15) is 0 Å². The zero-order chi connectivity index (χ0) is 5.91. The number of rotatable bonds is 1. The average molecular weight is 176 g/mol. The van der Waals surface area contributed by atoms with Crippen LogP contribution >= 0.6 is 15.9 Å². The van der Waals surface area contributed by atoms with E-state index in [4.69, 9.17) is 0 Å². The maximum atomic E-state index is 11.0. The monoisotopic (exact) mass is 175 g/mol. The van der Waals surface area contributed by atoms with E-state index in [1.165, 1.54) is 0 Å². The molecule has 0 aliphatic rings. The zero-order valence-electron chi connectivity index (χ0n) is 3.30. The summed E-state index contributed by atoms with van der Waals surface area (Å²) in [5.41, 5.74) is 0. The summed E-state index contributed by atoms with van der Waals surface area (Å²) in [5, 5.41) is -0.128. The normalized spacial score (nSPS) is 12.0. The maximum Gasteiger partial charge on any atom is 0.393 e. The molecule has 43 valence electrons. The van der Waals surface area contributed by atoms with Gasteiger partial charge in [-0.3, -0.25) is 0 Å². The molecule has 0 spiro atoms. The van der Waals surface area contributed by atoms with Crippen molar-refractivity contribution >= 4 is 15.9 Å². The van der Waals surface area contributed by atoms with E-state index in [-0.39, 0.29) is 11.8 Å². The Balaban J connectivity index is 3.15. The van der Waals surface area contributed by atoms with Gasteiger partial charge in [-0.2, -0.15) is 13.2 Å². The van der Waals surface area contributed by atoms with Crippen LogP contribution in [-0.4, -0.2) is 11.5 Å². The topological polar surface area (TPSA) is 0 Å². The molecule has 0 atom stereocenters. The second-order valence-corrected chi connectivity index (χ2v) is 1.55. The van der Waals surface area contributed by atoms with E-state index in [0.717, 1.165) is 0 Å². The van der Waals surface area contributed by atoms with E-state index in [1.807, 2.05) is 0 Å². The van der Waals surface area contributed by atoms with Gasteiger partial charge in [0.25, 0.3) is 0 Å². The lowest BCUT2D eigenvalue weighted by molar-refractivity contribution is -0.0946. The quantitative estimate of drug-likeness (QED) is 0.537. The van der Waals surface area contributed by atoms with Crippen molar-refractivity contribution in [1.29, 1.82) is 0 Å². The summed E-state index contributed by atoms with van der Waals surface area (Å²) in [6, 6.07) is 0. The van der Waals surface area contributed by atoms with Crippen LogP contribution in [0.15, 0.2) is 0 Å². The Morgan fingerprint density at radius 1 is 1.43 bits per heavy atom. The van der Waals surface area contributed by atoms with E-state index in [2.05, 4.69) is 15.9 Å². The molecular formula is C3H3BrF3. The zero-order valence-corrected chi connectivity index (χ0v) is 4.88. The van der Waals surface area contributed by atoms with Gasteiger partial charge in [-0.05, 0) is 0 Å². The second-order valence-electron chi connectivity index (χ2n) is 0.900. The highest BCUT2D eigenvalue weighted by Crippen LogP contribution is 2.18. The van der Waals surface area contributed by atoms with Crippen molar-refractivity contribution in [3.63, 3.8) is 0 Å². The van der Waals surface area contributed by atoms with Crippen molar-refractivity contribution in [1.82, 2.24) is 0 Å². The van der Waals surface area contributed by atoms with Crippen molar-refractivity contribution < 1.29 is 13.2 Å². The molecule has 0 unspecified atom stereocenters. The van der Waals surface area contributed by atoms with Gasteiger partial charge in [-0.15, -0.1) is 0 Å². The van der Waals surface area contributed by atoms with E-state index in [9.17, 15) is 13.2 Å². The summed E-state index contributed by atoms with van der Waals surface area (Å²) in [7, 11) is 0. The standard InChI is InChI=1S/C3H3BrF3/c4-2-1-3(5,6)7/h1H,2H2. The van der Waals surface area contributed by atoms with E-state index in [1.54, 1.807) is 0 Å². The van der Waals surface area contributed by atoms with Gasteiger partial charge in [0.15, 0.2) is 0 Å². The number of alkyl halides is 4. The summed E-state index contributed by atoms with van der Waals surface area (Å²) < 4.78 is 32.9. The van der Waals surface area contributed by atoms with Crippen LogP contribution in [0.4, 0.5) is 13.2 Å². The van der Waals surface area contributed by atoms with Crippen molar-refractivity contribution in [2.75, 3.05) is 5.33 Å². The van der Waals surface area contributed by atoms with Crippen LogP contribution in [0, 0.1) is 6.42 Å². The van der Waals surface area contributed by atoms with Crippen LogP contribution in [0.25, 0.3) is 0 Å². The first-order valence-corrected chi connectivity index (χ1v) is 2.65. The lowest BCUT2D eigenvalue weighted by Gasteiger charge is -1.98. The first-order chi connectivity index (χ1) is 3.06. The van der Waals surface area contributed by atoms with Crippen LogP contribution in [0.5, 0.6) is 0 Å². The molecule has 0 rings (SSSR count). The molecule has 0 amide bonds. The van der Waals surface area contributed by atoms with Crippen molar-refractivity contribution in [2.24, 2.45) is 0 Å². The largest absolute Gasteiger partial charge is 0.393 e. The Bertz CT molecular complexity index is 48.6. The van der Waals surface area contributed by atoms with Crippen LogP contribution in [-0.2, 0) is 0 Å². The van der Waals surface area contributed by atoms with E-state index in [0.29, 0.717) is 0 Å². The minimum Gasteiger partial charge on any atom is -0.171 e. The number of halogens is 4. The molecule has 0 aliphatic carbocycles. The van der Waals surface area contributed by atoms with E-state index < -0.39 is 6.18 Å². The third-order valence-corrected chi connectivity index (χ3v) is 0.632. The molecule has 0 bridgehead atoms. The molecule has 0 saturated carbocycles. The third-order valence-electron chi connectivity index (χ3n) is 0.309. The third kappa shape index (κ3) is 6.27. The van der Waals surface area contributed by atoms with Gasteiger partial charge >= 0.3 is 6.18 Å². The second kappa shape index (κ2) is 2.55. The van der Waals surface area contributed by atoms with Crippen LogP contribution < -0.4 is 0 Å². The van der Waals surface area contributed by atoms with Gasteiger partial charge in [0, 0.05) is 5.33 Å². The van der Waals surface area contributed by atoms with Gasteiger partial charge in [0.2, 0.25) is 0 Å². The lowest BCUT2D eigenvalue weighted by atomic mass is 10.5. The molecule has 0 heterocycles. The highest BCUT2D eigenvalue weighted by Gasteiger charge is 2.25.